The molecule has 0 bridgehead atoms. The van der Waals surface area contributed by atoms with Crippen LogP contribution in [0, 0.1) is 20.8 Å². The van der Waals surface area contributed by atoms with Crippen LogP contribution >= 0.6 is 0 Å². The Morgan fingerprint density at radius 1 is 1.05 bits per heavy atom. The molecule has 1 aromatic rings. The Labute approximate surface area is 125 Å². The summed E-state index contributed by atoms with van der Waals surface area (Å²) in [5.41, 5.74) is 5.64. The molecule has 0 saturated heterocycles. The molecule has 0 fully saturated rings. The van der Waals surface area contributed by atoms with Crippen LogP contribution in [0.5, 0.6) is 0 Å². The number of likely N-dealkylation sites (N-methyl/N-ethyl adjacent to an activating group) is 1. The highest BCUT2D eigenvalue weighted by molar-refractivity contribution is 5.39. The summed E-state index contributed by atoms with van der Waals surface area (Å²) < 4.78 is 0. The maximum Gasteiger partial charge on any atom is 0.0504 e. The van der Waals surface area contributed by atoms with Crippen molar-refractivity contribution in [3.8, 4) is 0 Å². The Morgan fingerprint density at radius 3 is 2.10 bits per heavy atom. The molecule has 0 saturated carbocycles. The Morgan fingerprint density at radius 2 is 1.60 bits per heavy atom. The van der Waals surface area contributed by atoms with E-state index in [4.69, 9.17) is 0 Å². The summed E-state index contributed by atoms with van der Waals surface area (Å²) in [6, 6.07) is 5.03. The molecule has 1 unspecified atom stereocenters. The first-order valence-electron chi connectivity index (χ1n) is 7.70. The molecule has 0 aliphatic rings. The van der Waals surface area contributed by atoms with E-state index in [9.17, 15) is 0 Å². The van der Waals surface area contributed by atoms with Gasteiger partial charge in [0.2, 0.25) is 0 Å². The Bertz CT molecular complexity index is 447. The fraction of sp³-hybridized carbons (Fsp3) is 0.667. The van der Waals surface area contributed by atoms with Crippen LogP contribution in [-0.4, -0.2) is 31.1 Å². The molecule has 0 aromatic heterocycles. The number of benzene rings is 1. The van der Waals surface area contributed by atoms with Crippen LogP contribution < -0.4 is 5.32 Å². The van der Waals surface area contributed by atoms with Gasteiger partial charge in [-0.15, -0.1) is 0 Å². The number of rotatable bonds is 6. The van der Waals surface area contributed by atoms with Crippen molar-refractivity contribution in [1.82, 2.24) is 10.2 Å². The quantitative estimate of drug-likeness (QED) is 0.845. The molecule has 1 atom stereocenters. The van der Waals surface area contributed by atoms with Gasteiger partial charge in [0.15, 0.2) is 0 Å². The standard InChI is InChI=1S/C18H32N2/c1-9-10-19-17(18(5,6)20(7)8)16-12-14(3)13(2)11-15(16)4/h11-12,17,19H,9-10H2,1-8H3. The normalized spacial score (nSPS) is 13.8. The highest BCUT2D eigenvalue weighted by Gasteiger charge is 2.33. The lowest BCUT2D eigenvalue weighted by Gasteiger charge is -2.42. The van der Waals surface area contributed by atoms with Gasteiger partial charge in [0.25, 0.3) is 0 Å². The predicted molar refractivity (Wildman–Crippen MR) is 89.5 cm³/mol. The number of hydrogen-bond donors (Lipinski definition) is 1. The Hall–Kier alpha value is -0.860. The average Bonchev–Trinajstić information content (AvgIpc) is 2.35. The second-order valence-electron chi connectivity index (χ2n) is 6.73. The molecule has 0 aliphatic heterocycles. The van der Waals surface area contributed by atoms with Crippen LogP contribution in [0.2, 0.25) is 0 Å². The third kappa shape index (κ3) is 3.62. The van der Waals surface area contributed by atoms with Crippen molar-refractivity contribution in [3.05, 3.63) is 34.4 Å². The third-order valence-corrected chi connectivity index (χ3v) is 4.65. The summed E-state index contributed by atoms with van der Waals surface area (Å²) in [5, 5.41) is 3.75. The lowest BCUT2D eigenvalue weighted by atomic mass is 9.84. The highest BCUT2D eigenvalue weighted by atomic mass is 15.2. The highest BCUT2D eigenvalue weighted by Crippen LogP contribution is 2.32. The van der Waals surface area contributed by atoms with Crippen molar-refractivity contribution < 1.29 is 0 Å². The van der Waals surface area contributed by atoms with E-state index >= 15 is 0 Å². The van der Waals surface area contributed by atoms with Crippen molar-refractivity contribution in [2.75, 3.05) is 20.6 Å². The van der Waals surface area contributed by atoms with E-state index in [1.54, 1.807) is 0 Å². The third-order valence-electron chi connectivity index (χ3n) is 4.65. The van der Waals surface area contributed by atoms with Crippen molar-refractivity contribution in [3.63, 3.8) is 0 Å². The molecule has 0 amide bonds. The summed E-state index contributed by atoms with van der Waals surface area (Å²) in [5.74, 6) is 0. The summed E-state index contributed by atoms with van der Waals surface area (Å²) in [6.45, 7) is 14.5. The summed E-state index contributed by atoms with van der Waals surface area (Å²) >= 11 is 0. The van der Waals surface area contributed by atoms with Crippen molar-refractivity contribution in [2.45, 2.75) is 59.5 Å². The summed E-state index contributed by atoms with van der Waals surface area (Å²) in [4.78, 5) is 2.31. The second kappa shape index (κ2) is 6.73. The maximum atomic E-state index is 3.75. The van der Waals surface area contributed by atoms with Gasteiger partial charge in [-0.2, -0.15) is 0 Å². The molecule has 1 rings (SSSR count). The minimum atomic E-state index is 0.0711. The van der Waals surface area contributed by atoms with E-state index in [0.717, 1.165) is 13.0 Å². The predicted octanol–water partition coefficient (Wildman–Crippen LogP) is 3.99. The number of hydrogen-bond acceptors (Lipinski definition) is 2. The van der Waals surface area contributed by atoms with Crippen molar-refractivity contribution >= 4 is 0 Å². The molecule has 114 valence electrons. The molecule has 0 heterocycles. The van der Waals surface area contributed by atoms with E-state index in [0.29, 0.717) is 6.04 Å². The van der Waals surface area contributed by atoms with E-state index in [-0.39, 0.29) is 5.54 Å². The molecule has 20 heavy (non-hydrogen) atoms. The first-order chi connectivity index (χ1) is 9.21. The van der Waals surface area contributed by atoms with Crippen LogP contribution in [0.25, 0.3) is 0 Å². The zero-order valence-electron chi connectivity index (χ0n) is 14.6. The largest absolute Gasteiger partial charge is 0.308 e. The lowest BCUT2D eigenvalue weighted by molar-refractivity contribution is 0.137. The van der Waals surface area contributed by atoms with Gasteiger partial charge in [0.1, 0.15) is 0 Å². The van der Waals surface area contributed by atoms with E-state index in [1.807, 2.05) is 0 Å². The fourth-order valence-electron chi connectivity index (χ4n) is 2.58. The van der Waals surface area contributed by atoms with Gasteiger partial charge in [0, 0.05) is 5.54 Å². The molecule has 1 N–H and O–H groups in total. The van der Waals surface area contributed by atoms with Crippen molar-refractivity contribution in [2.24, 2.45) is 0 Å². The zero-order chi connectivity index (χ0) is 15.5. The first kappa shape index (κ1) is 17.2. The molecule has 0 spiro atoms. The van der Waals surface area contributed by atoms with Gasteiger partial charge in [-0.1, -0.05) is 19.1 Å². The second-order valence-corrected chi connectivity index (χ2v) is 6.73. The summed E-state index contributed by atoms with van der Waals surface area (Å²) in [7, 11) is 4.33. The van der Waals surface area contributed by atoms with E-state index in [1.165, 1.54) is 22.3 Å². The van der Waals surface area contributed by atoms with Crippen LogP contribution in [0.3, 0.4) is 0 Å². The molecule has 2 nitrogen and oxygen atoms in total. The SMILES string of the molecule is CCCNC(c1cc(C)c(C)cc1C)C(C)(C)N(C)C. The van der Waals surface area contributed by atoms with Gasteiger partial charge in [0.05, 0.1) is 6.04 Å². The van der Waals surface area contributed by atoms with Crippen molar-refractivity contribution in [1.29, 1.82) is 0 Å². The minimum absolute atomic E-state index is 0.0711. The fourth-order valence-corrected chi connectivity index (χ4v) is 2.58. The van der Waals surface area contributed by atoms with Crippen LogP contribution in [0.15, 0.2) is 12.1 Å². The number of nitrogens with zero attached hydrogens (tertiary/aromatic N) is 1. The monoisotopic (exact) mass is 276 g/mol. The topological polar surface area (TPSA) is 15.3 Å². The molecular weight excluding hydrogens is 244 g/mol. The zero-order valence-corrected chi connectivity index (χ0v) is 14.6. The van der Waals surface area contributed by atoms with Gasteiger partial charge in [-0.25, -0.2) is 0 Å². The lowest BCUT2D eigenvalue weighted by Crippen LogP contribution is -2.49. The van der Waals surface area contributed by atoms with Gasteiger partial charge >= 0.3 is 0 Å². The summed E-state index contributed by atoms with van der Waals surface area (Å²) in [6.07, 6.45) is 1.16. The van der Waals surface area contributed by atoms with Crippen LogP contribution in [-0.2, 0) is 0 Å². The molecule has 0 radical (unpaired) electrons. The smallest absolute Gasteiger partial charge is 0.0504 e. The Kier molecular flexibility index (Phi) is 5.79. The first-order valence-corrected chi connectivity index (χ1v) is 7.70. The molecule has 2 heteroatoms. The minimum Gasteiger partial charge on any atom is -0.308 e. The molecule has 0 aliphatic carbocycles. The average molecular weight is 276 g/mol. The Balaban J connectivity index is 3.27. The van der Waals surface area contributed by atoms with E-state index in [2.05, 4.69) is 78.0 Å². The van der Waals surface area contributed by atoms with E-state index < -0.39 is 0 Å². The van der Waals surface area contributed by atoms with Crippen LogP contribution in [0.1, 0.15) is 55.5 Å². The number of nitrogens with one attached hydrogen (secondary N) is 1. The molecular formula is C18H32N2. The maximum absolute atomic E-state index is 3.75. The van der Waals surface area contributed by atoms with Gasteiger partial charge in [-0.3, -0.25) is 0 Å². The molecule has 1 aromatic carbocycles. The van der Waals surface area contributed by atoms with Gasteiger partial charge < -0.3 is 10.2 Å². The van der Waals surface area contributed by atoms with Crippen LogP contribution in [0.4, 0.5) is 0 Å². The van der Waals surface area contributed by atoms with Gasteiger partial charge in [-0.05, 0) is 83.9 Å². The number of aryl methyl sites for hydroxylation is 3.